The number of hydrogen-bond acceptors (Lipinski definition) is 6. The van der Waals surface area contributed by atoms with Gasteiger partial charge in [-0.05, 0) is 43.9 Å². The van der Waals surface area contributed by atoms with E-state index in [1.807, 2.05) is 13.8 Å². The third kappa shape index (κ3) is 5.64. The highest BCUT2D eigenvalue weighted by atomic mass is 32.2. The number of benzene rings is 1. The van der Waals surface area contributed by atoms with Crippen LogP contribution in [0.15, 0.2) is 12.1 Å². The molecule has 0 fully saturated rings. The lowest BCUT2D eigenvalue weighted by Crippen LogP contribution is -2.17. The standard InChI is InChI=1S/C18H26O6S2/c1-5-13(25-9(3)19)11-7-8-12(17(21)22)16(18(23)24)15(11)14(6-2)26-10(4)20/h7-10,13-14,19-20H,5-6H2,1-4H3,(H,21,22)(H,23,24). The summed E-state index contributed by atoms with van der Waals surface area (Å²) in [6, 6.07) is 2.95. The predicted molar refractivity (Wildman–Crippen MR) is 105 cm³/mol. The molecule has 4 unspecified atom stereocenters. The van der Waals surface area contributed by atoms with Crippen LogP contribution in [0.5, 0.6) is 0 Å². The second-order valence-electron chi connectivity index (χ2n) is 5.87. The van der Waals surface area contributed by atoms with Gasteiger partial charge in [0.2, 0.25) is 0 Å². The molecule has 26 heavy (non-hydrogen) atoms. The SMILES string of the molecule is CCC(SC(C)O)c1ccc(C(=O)O)c(C(=O)O)c1C(CC)SC(C)O. The van der Waals surface area contributed by atoms with Crippen LogP contribution in [-0.4, -0.2) is 43.2 Å². The minimum absolute atomic E-state index is 0.186. The van der Waals surface area contributed by atoms with E-state index in [2.05, 4.69) is 0 Å². The highest BCUT2D eigenvalue weighted by molar-refractivity contribution is 8.00. The van der Waals surface area contributed by atoms with Crippen molar-refractivity contribution >= 4 is 35.5 Å². The molecule has 8 heteroatoms. The summed E-state index contributed by atoms with van der Waals surface area (Å²) in [5, 5.41) is 38.2. The second-order valence-corrected chi connectivity index (χ2v) is 8.91. The Labute approximate surface area is 162 Å². The summed E-state index contributed by atoms with van der Waals surface area (Å²) in [6.45, 7) is 7.03. The molecule has 1 rings (SSSR count). The highest BCUT2D eigenvalue weighted by Crippen LogP contribution is 2.45. The van der Waals surface area contributed by atoms with Gasteiger partial charge in [0.05, 0.1) is 22.0 Å². The van der Waals surface area contributed by atoms with Crippen molar-refractivity contribution in [2.45, 2.75) is 61.9 Å². The number of carbonyl (C=O) groups is 2. The molecule has 0 aliphatic heterocycles. The van der Waals surface area contributed by atoms with Crippen LogP contribution in [-0.2, 0) is 0 Å². The molecule has 0 aromatic heterocycles. The van der Waals surface area contributed by atoms with Crippen molar-refractivity contribution < 1.29 is 30.0 Å². The molecule has 0 radical (unpaired) electrons. The first-order chi connectivity index (χ1) is 12.1. The highest BCUT2D eigenvalue weighted by Gasteiger charge is 2.31. The van der Waals surface area contributed by atoms with E-state index in [1.54, 1.807) is 19.9 Å². The zero-order valence-corrected chi connectivity index (χ0v) is 16.9. The van der Waals surface area contributed by atoms with E-state index >= 15 is 0 Å². The van der Waals surface area contributed by atoms with Gasteiger partial charge in [0.25, 0.3) is 0 Å². The van der Waals surface area contributed by atoms with Crippen LogP contribution in [0.4, 0.5) is 0 Å². The van der Waals surface area contributed by atoms with E-state index in [1.165, 1.54) is 29.6 Å². The van der Waals surface area contributed by atoms with E-state index < -0.39 is 22.8 Å². The Hall–Kier alpha value is -1.22. The van der Waals surface area contributed by atoms with Gasteiger partial charge in [-0.15, -0.1) is 23.5 Å². The minimum atomic E-state index is -1.30. The van der Waals surface area contributed by atoms with Gasteiger partial charge in [-0.25, -0.2) is 9.59 Å². The van der Waals surface area contributed by atoms with Gasteiger partial charge in [0.15, 0.2) is 0 Å². The first kappa shape index (κ1) is 22.8. The van der Waals surface area contributed by atoms with Gasteiger partial charge in [0.1, 0.15) is 0 Å². The van der Waals surface area contributed by atoms with Gasteiger partial charge in [0, 0.05) is 10.5 Å². The maximum absolute atomic E-state index is 11.9. The van der Waals surface area contributed by atoms with Crippen molar-refractivity contribution in [1.82, 2.24) is 0 Å². The molecule has 0 spiro atoms. The Bertz CT molecular complexity index is 645. The molecule has 1 aromatic carbocycles. The summed E-state index contributed by atoms with van der Waals surface area (Å²) >= 11 is 2.48. The Balaban J connectivity index is 3.75. The molecule has 0 aliphatic rings. The van der Waals surface area contributed by atoms with Gasteiger partial charge >= 0.3 is 11.9 Å². The summed E-state index contributed by atoms with van der Waals surface area (Å²) in [7, 11) is 0. The first-order valence-corrected chi connectivity index (χ1v) is 10.3. The van der Waals surface area contributed by atoms with Crippen LogP contribution in [0, 0.1) is 0 Å². The Kier molecular flexibility index (Phi) is 8.95. The molecule has 0 aliphatic carbocycles. The molecule has 0 saturated carbocycles. The van der Waals surface area contributed by atoms with Gasteiger partial charge in [-0.2, -0.15) is 0 Å². The number of aliphatic hydroxyl groups excluding tert-OH is 2. The third-order valence-electron chi connectivity index (χ3n) is 3.86. The van der Waals surface area contributed by atoms with Crippen LogP contribution >= 0.6 is 23.5 Å². The predicted octanol–water partition coefficient (Wildman–Crippen LogP) is 4.13. The average Bonchev–Trinajstić information content (AvgIpc) is 2.55. The lowest BCUT2D eigenvalue weighted by Gasteiger charge is -2.27. The van der Waals surface area contributed by atoms with Crippen molar-refractivity contribution in [2.24, 2.45) is 0 Å². The topological polar surface area (TPSA) is 115 Å². The number of aromatic carboxylic acids is 2. The van der Waals surface area contributed by atoms with Crippen LogP contribution in [0.2, 0.25) is 0 Å². The van der Waals surface area contributed by atoms with Crippen molar-refractivity contribution in [3.05, 3.63) is 34.4 Å². The fourth-order valence-corrected chi connectivity index (χ4v) is 4.98. The lowest BCUT2D eigenvalue weighted by molar-refractivity contribution is 0.0650. The zero-order chi connectivity index (χ0) is 20.0. The molecular formula is C18H26O6S2. The molecular weight excluding hydrogens is 376 g/mol. The number of thioether (sulfide) groups is 2. The molecule has 4 atom stereocenters. The largest absolute Gasteiger partial charge is 0.478 e. The maximum Gasteiger partial charge on any atom is 0.336 e. The Morgan fingerprint density at radius 2 is 1.42 bits per heavy atom. The minimum Gasteiger partial charge on any atom is -0.478 e. The van der Waals surface area contributed by atoms with Crippen molar-refractivity contribution in [3.8, 4) is 0 Å². The molecule has 146 valence electrons. The fraction of sp³-hybridized carbons (Fsp3) is 0.556. The molecule has 0 bridgehead atoms. The van der Waals surface area contributed by atoms with Gasteiger partial charge in [-0.3, -0.25) is 0 Å². The van der Waals surface area contributed by atoms with Crippen LogP contribution < -0.4 is 0 Å². The number of aliphatic hydroxyl groups is 2. The van der Waals surface area contributed by atoms with Crippen LogP contribution in [0.1, 0.15) is 82.9 Å². The first-order valence-electron chi connectivity index (χ1n) is 8.44. The van der Waals surface area contributed by atoms with E-state index in [0.29, 0.717) is 24.0 Å². The smallest absolute Gasteiger partial charge is 0.336 e. The third-order valence-corrected chi connectivity index (χ3v) is 6.46. The van der Waals surface area contributed by atoms with Crippen LogP contribution in [0.3, 0.4) is 0 Å². The van der Waals surface area contributed by atoms with Crippen molar-refractivity contribution in [3.63, 3.8) is 0 Å². The number of carboxylic acids is 2. The molecule has 0 amide bonds. The summed E-state index contributed by atoms with van der Waals surface area (Å²) in [5.74, 6) is -2.61. The zero-order valence-electron chi connectivity index (χ0n) is 15.3. The average molecular weight is 403 g/mol. The quantitative estimate of drug-likeness (QED) is 0.432. The maximum atomic E-state index is 11.9. The Morgan fingerprint density at radius 1 is 0.923 bits per heavy atom. The van der Waals surface area contributed by atoms with E-state index in [9.17, 15) is 30.0 Å². The second kappa shape index (κ2) is 10.2. The number of hydrogen-bond donors (Lipinski definition) is 4. The van der Waals surface area contributed by atoms with Gasteiger partial charge < -0.3 is 20.4 Å². The van der Waals surface area contributed by atoms with Crippen molar-refractivity contribution in [2.75, 3.05) is 0 Å². The Morgan fingerprint density at radius 3 is 1.81 bits per heavy atom. The van der Waals surface area contributed by atoms with Crippen LogP contribution in [0.25, 0.3) is 0 Å². The number of carboxylic acid groups (broad SMARTS) is 2. The van der Waals surface area contributed by atoms with E-state index in [0.717, 1.165) is 0 Å². The molecule has 1 aromatic rings. The summed E-state index contributed by atoms with van der Waals surface area (Å²) in [6.07, 6.45) is 1.17. The fourth-order valence-electron chi connectivity index (χ4n) is 2.91. The summed E-state index contributed by atoms with van der Waals surface area (Å²) in [4.78, 5) is 23.5. The molecule has 0 heterocycles. The monoisotopic (exact) mass is 402 g/mol. The summed E-state index contributed by atoms with van der Waals surface area (Å²) in [5.41, 5.74) is -0.763. The molecule has 4 N–H and O–H groups in total. The molecule has 6 nitrogen and oxygen atoms in total. The summed E-state index contributed by atoms with van der Waals surface area (Å²) < 4.78 is 0. The molecule has 0 saturated heterocycles. The van der Waals surface area contributed by atoms with Crippen molar-refractivity contribution in [1.29, 1.82) is 0 Å². The van der Waals surface area contributed by atoms with E-state index in [4.69, 9.17) is 0 Å². The number of rotatable bonds is 10. The lowest BCUT2D eigenvalue weighted by atomic mass is 9.90. The van der Waals surface area contributed by atoms with Gasteiger partial charge in [-0.1, -0.05) is 19.9 Å². The van der Waals surface area contributed by atoms with E-state index in [-0.39, 0.29) is 21.6 Å². The normalized spacial score (nSPS) is 15.9.